The fourth-order valence-electron chi connectivity index (χ4n) is 2.10. The second-order valence-electron chi connectivity index (χ2n) is 4.36. The number of hydrogen-bond donors (Lipinski definition) is 0. The van der Waals surface area contributed by atoms with Crippen LogP contribution in [-0.2, 0) is 11.2 Å². The van der Waals surface area contributed by atoms with Crippen molar-refractivity contribution in [3.63, 3.8) is 0 Å². The number of esters is 1. The molecule has 0 aromatic heterocycles. The van der Waals surface area contributed by atoms with E-state index in [1.807, 2.05) is 24.3 Å². The highest BCUT2D eigenvalue weighted by molar-refractivity contribution is 5.89. The minimum Gasteiger partial charge on any atom is -0.459 e. The molecule has 1 aromatic carbocycles. The van der Waals surface area contributed by atoms with E-state index in [2.05, 4.69) is 6.92 Å². The third-order valence-corrected chi connectivity index (χ3v) is 3.17. The molecule has 2 heteroatoms. The molecule has 2 nitrogen and oxygen atoms in total. The fourth-order valence-corrected chi connectivity index (χ4v) is 2.10. The van der Waals surface area contributed by atoms with Gasteiger partial charge < -0.3 is 4.74 Å². The minimum atomic E-state index is -0.172. The highest BCUT2D eigenvalue weighted by Crippen LogP contribution is 2.22. The topological polar surface area (TPSA) is 26.3 Å². The average Bonchev–Trinajstić information content (AvgIpc) is 2.82. The molecule has 1 aliphatic carbocycles. The van der Waals surface area contributed by atoms with Crippen LogP contribution >= 0.6 is 0 Å². The van der Waals surface area contributed by atoms with Crippen molar-refractivity contribution in [1.29, 1.82) is 0 Å². The lowest BCUT2D eigenvalue weighted by molar-refractivity contribution is 0.0318. The van der Waals surface area contributed by atoms with Crippen LogP contribution in [0.3, 0.4) is 0 Å². The molecule has 86 valence electrons. The molecule has 0 radical (unpaired) electrons. The van der Waals surface area contributed by atoms with Gasteiger partial charge in [0.1, 0.15) is 6.10 Å². The van der Waals surface area contributed by atoms with E-state index < -0.39 is 0 Å². The summed E-state index contributed by atoms with van der Waals surface area (Å²) in [6.45, 7) is 2.10. The van der Waals surface area contributed by atoms with Gasteiger partial charge in [-0.1, -0.05) is 19.1 Å². The maximum atomic E-state index is 11.8. The Kier molecular flexibility index (Phi) is 3.60. The molecule has 1 saturated carbocycles. The fraction of sp³-hybridized carbons (Fsp3) is 0.500. The van der Waals surface area contributed by atoms with Crippen LogP contribution in [0.25, 0.3) is 0 Å². The van der Waals surface area contributed by atoms with E-state index in [9.17, 15) is 4.79 Å². The summed E-state index contributed by atoms with van der Waals surface area (Å²) in [7, 11) is 0. The van der Waals surface area contributed by atoms with Crippen LogP contribution < -0.4 is 0 Å². The van der Waals surface area contributed by atoms with Crippen LogP contribution in [-0.4, -0.2) is 12.1 Å². The second-order valence-corrected chi connectivity index (χ2v) is 4.36. The van der Waals surface area contributed by atoms with Crippen molar-refractivity contribution >= 4 is 5.97 Å². The normalized spacial score (nSPS) is 16.3. The van der Waals surface area contributed by atoms with Crippen molar-refractivity contribution in [3.05, 3.63) is 35.4 Å². The van der Waals surface area contributed by atoms with Crippen LogP contribution in [0.4, 0.5) is 0 Å². The van der Waals surface area contributed by atoms with E-state index in [0.717, 1.165) is 19.3 Å². The van der Waals surface area contributed by atoms with Gasteiger partial charge in [0, 0.05) is 0 Å². The van der Waals surface area contributed by atoms with Crippen molar-refractivity contribution in [1.82, 2.24) is 0 Å². The van der Waals surface area contributed by atoms with Crippen LogP contribution in [0.2, 0.25) is 0 Å². The molecule has 0 unspecified atom stereocenters. The Morgan fingerprint density at radius 1 is 1.25 bits per heavy atom. The predicted octanol–water partition coefficient (Wildman–Crippen LogP) is 3.35. The van der Waals surface area contributed by atoms with Crippen molar-refractivity contribution in [2.45, 2.75) is 45.1 Å². The number of ether oxygens (including phenoxy) is 1. The van der Waals surface area contributed by atoms with E-state index in [1.54, 1.807) is 0 Å². The molecule has 0 atom stereocenters. The van der Waals surface area contributed by atoms with Gasteiger partial charge in [-0.2, -0.15) is 0 Å². The van der Waals surface area contributed by atoms with Gasteiger partial charge in [0.05, 0.1) is 5.56 Å². The highest BCUT2D eigenvalue weighted by Gasteiger charge is 2.19. The first-order valence-electron chi connectivity index (χ1n) is 6.09. The maximum absolute atomic E-state index is 11.8. The molecule has 16 heavy (non-hydrogen) atoms. The van der Waals surface area contributed by atoms with Crippen molar-refractivity contribution < 1.29 is 9.53 Å². The molecule has 0 N–H and O–H groups in total. The molecule has 0 amide bonds. The lowest BCUT2D eigenvalue weighted by Crippen LogP contribution is -2.14. The molecular formula is C14H18O2. The SMILES string of the molecule is CCc1ccc(C(=O)OC2CCCC2)cc1. The van der Waals surface area contributed by atoms with E-state index in [4.69, 9.17) is 4.74 Å². The third kappa shape index (κ3) is 2.63. The predicted molar refractivity (Wildman–Crippen MR) is 63.5 cm³/mol. The lowest BCUT2D eigenvalue weighted by Gasteiger charge is -2.11. The Morgan fingerprint density at radius 2 is 1.88 bits per heavy atom. The summed E-state index contributed by atoms with van der Waals surface area (Å²) >= 11 is 0. The number of hydrogen-bond acceptors (Lipinski definition) is 2. The van der Waals surface area contributed by atoms with E-state index >= 15 is 0 Å². The summed E-state index contributed by atoms with van der Waals surface area (Å²) in [4.78, 5) is 11.8. The quantitative estimate of drug-likeness (QED) is 0.727. The Morgan fingerprint density at radius 3 is 2.44 bits per heavy atom. The summed E-state index contributed by atoms with van der Waals surface area (Å²) in [6.07, 6.45) is 5.58. The molecule has 0 saturated heterocycles. The van der Waals surface area contributed by atoms with Crippen LogP contribution in [0.15, 0.2) is 24.3 Å². The van der Waals surface area contributed by atoms with Crippen molar-refractivity contribution in [2.24, 2.45) is 0 Å². The molecule has 0 bridgehead atoms. The Hall–Kier alpha value is -1.31. The highest BCUT2D eigenvalue weighted by atomic mass is 16.5. The molecule has 1 aromatic rings. The molecule has 0 heterocycles. The standard InChI is InChI=1S/C14H18O2/c1-2-11-7-9-12(10-8-11)14(15)16-13-5-3-4-6-13/h7-10,13H,2-6H2,1H3. The molecule has 0 spiro atoms. The largest absolute Gasteiger partial charge is 0.459 e. The van der Waals surface area contributed by atoms with Crippen molar-refractivity contribution in [3.8, 4) is 0 Å². The van der Waals surface area contributed by atoms with Gasteiger partial charge in [-0.25, -0.2) is 4.79 Å². The van der Waals surface area contributed by atoms with Gasteiger partial charge in [0.25, 0.3) is 0 Å². The van der Waals surface area contributed by atoms with Gasteiger partial charge in [0.2, 0.25) is 0 Å². The number of carbonyl (C=O) groups is 1. The van der Waals surface area contributed by atoms with Gasteiger partial charge in [-0.3, -0.25) is 0 Å². The summed E-state index contributed by atoms with van der Waals surface area (Å²) in [5, 5.41) is 0. The summed E-state index contributed by atoms with van der Waals surface area (Å²) in [6, 6.07) is 7.70. The summed E-state index contributed by atoms with van der Waals surface area (Å²) < 4.78 is 5.43. The smallest absolute Gasteiger partial charge is 0.338 e. The monoisotopic (exact) mass is 218 g/mol. The Bertz CT molecular complexity index is 348. The summed E-state index contributed by atoms with van der Waals surface area (Å²) in [5.74, 6) is -0.172. The first kappa shape index (κ1) is 11.2. The Balaban J connectivity index is 1.97. The molecule has 1 aliphatic rings. The third-order valence-electron chi connectivity index (χ3n) is 3.17. The Labute approximate surface area is 96.6 Å². The van der Waals surface area contributed by atoms with Gasteiger partial charge >= 0.3 is 5.97 Å². The van der Waals surface area contributed by atoms with Crippen LogP contribution in [0.5, 0.6) is 0 Å². The first-order chi connectivity index (χ1) is 7.79. The molecule has 0 aliphatic heterocycles. The number of rotatable bonds is 3. The van der Waals surface area contributed by atoms with Crippen LogP contribution in [0.1, 0.15) is 48.5 Å². The maximum Gasteiger partial charge on any atom is 0.338 e. The number of carbonyl (C=O) groups excluding carboxylic acids is 1. The van der Waals surface area contributed by atoms with E-state index in [1.165, 1.54) is 18.4 Å². The number of aryl methyl sites for hydroxylation is 1. The molecule has 1 fully saturated rings. The minimum absolute atomic E-state index is 0.151. The second kappa shape index (κ2) is 5.15. The lowest BCUT2D eigenvalue weighted by atomic mass is 10.1. The van der Waals surface area contributed by atoms with E-state index in [-0.39, 0.29) is 12.1 Å². The van der Waals surface area contributed by atoms with E-state index in [0.29, 0.717) is 5.56 Å². The average molecular weight is 218 g/mol. The van der Waals surface area contributed by atoms with Crippen molar-refractivity contribution in [2.75, 3.05) is 0 Å². The molecule has 2 rings (SSSR count). The van der Waals surface area contributed by atoms with Gasteiger partial charge in [-0.05, 0) is 49.8 Å². The zero-order valence-corrected chi connectivity index (χ0v) is 9.74. The summed E-state index contributed by atoms with van der Waals surface area (Å²) in [5.41, 5.74) is 1.92. The number of benzene rings is 1. The zero-order valence-electron chi connectivity index (χ0n) is 9.74. The first-order valence-corrected chi connectivity index (χ1v) is 6.09. The zero-order chi connectivity index (χ0) is 11.4. The van der Waals surface area contributed by atoms with Crippen LogP contribution in [0, 0.1) is 0 Å². The molecular weight excluding hydrogens is 200 g/mol. The van der Waals surface area contributed by atoms with Gasteiger partial charge in [0.15, 0.2) is 0 Å². The van der Waals surface area contributed by atoms with Gasteiger partial charge in [-0.15, -0.1) is 0 Å².